The topological polar surface area (TPSA) is 149 Å². The van der Waals surface area contributed by atoms with E-state index in [9.17, 15) is 39.0 Å². The molecule has 0 unspecified atom stereocenters. The van der Waals surface area contributed by atoms with E-state index in [1.165, 1.54) is 0 Å². The average Bonchev–Trinajstić information content (AvgIpc) is 2.12. The van der Waals surface area contributed by atoms with Gasteiger partial charge in [-0.25, -0.2) is 0 Å². The number of hydrogen-bond donors (Lipinski definition) is 0. The SMILES string of the molecule is CC(=O)C(C(C)=O)C(=O)[O-].CC(=O)C(C(C)=O)C(=O)[O-].[Cu+2]. The van der Waals surface area contributed by atoms with Gasteiger partial charge >= 0.3 is 17.1 Å². The first kappa shape index (κ1) is 24.2. The fraction of sp³-hybridized carbons (Fsp3) is 0.500. The van der Waals surface area contributed by atoms with Gasteiger partial charge in [0, 0.05) is 0 Å². The first-order valence-corrected chi connectivity index (χ1v) is 5.37. The molecule has 0 N–H and O–H groups in total. The maximum Gasteiger partial charge on any atom is 2.00 e. The van der Waals surface area contributed by atoms with Gasteiger partial charge < -0.3 is 19.8 Å². The van der Waals surface area contributed by atoms with Crippen molar-refractivity contribution in [2.45, 2.75) is 27.7 Å². The van der Waals surface area contributed by atoms with Crippen molar-refractivity contribution in [3.63, 3.8) is 0 Å². The molecule has 0 rings (SSSR count). The van der Waals surface area contributed by atoms with Crippen molar-refractivity contribution in [2.75, 3.05) is 0 Å². The van der Waals surface area contributed by atoms with E-state index in [1.807, 2.05) is 0 Å². The summed E-state index contributed by atoms with van der Waals surface area (Å²) >= 11 is 0. The van der Waals surface area contributed by atoms with Crippen LogP contribution in [-0.2, 0) is 45.8 Å². The minimum Gasteiger partial charge on any atom is -0.549 e. The number of aliphatic carboxylic acids is 2. The summed E-state index contributed by atoms with van der Waals surface area (Å²) in [6.07, 6.45) is 0. The molecule has 9 heteroatoms. The normalized spacial score (nSPS) is 9.05. The number of carbonyl (C=O) groups excluding carboxylic acids is 6. The average molecular weight is 350 g/mol. The molecule has 0 bridgehead atoms. The Bertz CT molecular complexity index is 346. The summed E-state index contributed by atoms with van der Waals surface area (Å²) in [7, 11) is 0. The monoisotopic (exact) mass is 349 g/mol. The van der Waals surface area contributed by atoms with Crippen molar-refractivity contribution < 1.29 is 56.0 Å². The van der Waals surface area contributed by atoms with Crippen molar-refractivity contribution in [3.05, 3.63) is 0 Å². The third-order valence-corrected chi connectivity index (χ3v) is 2.10. The van der Waals surface area contributed by atoms with Gasteiger partial charge in [0.25, 0.3) is 0 Å². The standard InChI is InChI=1S/2C6H8O4.Cu/c2*1-3(7)5(4(2)8)6(9)10;/h2*5H,1-2H3,(H,9,10);/q;;+2/p-2. The van der Waals surface area contributed by atoms with Crippen molar-refractivity contribution in [2.24, 2.45) is 11.8 Å². The summed E-state index contributed by atoms with van der Waals surface area (Å²) in [6, 6.07) is 0. The van der Waals surface area contributed by atoms with Crippen LogP contribution in [0.3, 0.4) is 0 Å². The van der Waals surface area contributed by atoms with Gasteiger partial charge in [-0.1, -0.05) is 0 Å². The van der Waals surface area contributed by atoms with Crippen LogP contribution < -0.4 is 10.2 Å². The van der Waals surface area contributed by atoms with E-state index in [2.05, 4.69) is 0 Å². The predicted molar refractivity (Wildman–Crippen MR) is 59.7 cm³/mol. The Balaban J connectivity index is -0.000000295. The maximum absolute atomic E-state index is 10.4. The fourth-order valence-corrected chi connectivity index (χ4v) is 1.24. The Hall–Kier alpha value is -1.86. The molecular formula is C12H14CuO8. The van der Waals surface area contributed by atoms with Crippen LogP contribution in [0.2, 0.25) is 0 Å². The Morgan fingerprint density at radius 1 is 0.571 bits per heavy atom. The smallest absolute Gasteiger partial charge is 0.549 e. The molecule has 0 spiro atoms. The molecule has 0 aromatic heterocycles. The molecule has 0 aliphatic carbocycles. The largest absolute Gasteiger partial charge is 2.00 e. The van der Waals surface area contributed by atoms with E-state index in [0.29, 0.717) is 0 Å². The molecule has 0 aliphatic heterocycles. The summed E-state index contributed by atoms with van der Waals surface area (Å²) in [4.78, 5) is 61.6. The van der Waals surface area contributed by atoms with Crippen LogP contribution >= 0.6 is 0 Å². The quantitative estimate of drug-likeness (QED) is 0.365. The number of ketones is 4. The second-order valence-corrected chi connectivity index (χ2v) is 3.95. The molecule has 8 nitrogen and oxygen atoms in total. The number of hydrogen-bond acceptors (Lipinski definition) is 8. The number of Topliss-reactive ketones (excluding diaryl/α,β-unsaturated/α-hetero) is 4. The number of rotatable bonds is 6. The van der Waals surface area contributed by atoms with Crippen molar-refractivity contribution in [1.29, 1.82) is 0 Å². The maximum atomic E-state index is 10.4. The van der Waals surface area contributed by atoms with Crippen LogP contribution in [-0.4, -0.2) is 35.1 Å². The molecule has 0 atom stereocenters. The third kappa shape index (κ3) is 9.64. The van der Waals surface area contributed by atoms with Gasteiger partial charge in [-0.3, -0.25) is 19.2 Å². The molecule has 0 aliphatic rings. The Morgan fingerprint density at radius 3 is 0.714 bits per heavy atom. The minimum absolute atomic E-state index is 0. The van der Waals surface area contributed by atoms with Gasteiger partial charge in [0.05, 0.1) is 11.9 Å². The molecule has 0 aromatic rings. The third-order valence-electron chi connectivity index (χ3n) is 2.10. The molecule has 0 saturated carbocycles. The number of carboxylic acids is 2. The van der Waals surface area contributed by atoms with Gasteiger partial charge in [-0.05, 0) is 27.7 Å². The second-order valence-electron chi connectivity index (χ2n) is 3.95. The summed E-state index contributed by atoms with van der Waals surface area (Å²) in [5.41, 5.74) is 0. The van der Waals surface area contributed by atoms with Gasteiger partial charge in [0.15, 0.2) is 0 Å². The van der Waals surface area contributed by atoms with Crippen molar-refractivity contribution >= 4 is 35.1 Å². The molecule has 0 heterocycles. The van der Waals surface area contributed by atoms with Gasteiger partial charge in [-0.15, -0.1) is 0 Å². The molecule has 21 heavy (non-hydrogen) atoms. The van der Waals surface area contributed by atoms with Crippen LogP contribution in [0.15, 0.2) is 0 Å². The molecule has 0 saturated heterocycles. The van der Waals surface area contributed by atoms with Crippen LogP contribution in [0.1, 0.15) is 27.7 Å². The van der Waals surface area contributed by atoms with Gasteiger partial charge in [0.2, 0.25) is 0 Å². The van der Waals surface area contributed by atoms with Gasteiger partial charge in [-0.2, -0.15) is 0 Å². The second kappa shape index (κ2) is 10.9. The first-order chi connectivity index (χ1) is 8.93. The summed E-state index contributed by atoms with van der Waals surface area (Å²) in [5, 5.41) is 20.1. The van der Waals surface area contributed by atoms with Crippen molar-refractivity contribution in [1.82, 2.24) is 0 Å². The molecule has 0 aromatic carbocycles. The number of carbonyl (C=O) groups is 6. The zero-order chi connectivity index (χ0) is 16.6. The molecule has 121 valence electrons. The zero-order valence-electron chi connectivity index (χ0n) is 11.7. The Labute approximate surface area is 131 Å². The minimum atomic E-state index is -1.62. The fourth-order valence-electron chi connectivity index (χ4n) is 1.24. The summed E-state index contributed by atoms with van der Waals surface area (Å²) < 4.78 is 0. The van der Waals surface area contributed by atoms with E-state index in [0.717, 1.165) is 27.7 Å². The van der Waals surface area contributed by atoms with E-state index in [1.54, 1.807) is 0 Å². The molecular weight excluding hydrogens is 336 g/mol. The van der Waals surface area contributed by atoms with Gasteiger partial charge in [0.1, 0.15) is 35.0 Å². The van der Waals surface area contributed by atoms with E-state index >= 15 is 0 Å². The molecule has 0 amide bonds. The zero-order valence-corrected chi connectivity index (χ0v) is 12.7. The number of carboxylic acid groups (broad SMARTS) is 2. The summed E-state index contributed by atoms with van der Waals surface area (Å²) in [5.74, 6) is -9.17. The van der Waals surface area contributed by atoms with E-state index in [4.69, 9.17) is 0 Å². The molecule has 0 fully saturated rings. The summed E-state index contributed by atoms with van der Waals surface area (Å²) in [6.45, 7) is 4.17. The van der Waals surface area contributed by atoms with E-state index < -0.39 is 46.9 Å². The Morgan fingerprint density at radius 2 is 0.714 bits per heavy atom. The van der Waals surface area contributed by atoms with Crippen LogP contribution in [0.5, 0.6) is 0 Å². The van der Waals surface area contributed by atoms with Crippen molar-refractivity contribution in [3.8, 4) is 0 Å². The first-order valence-electron chi connectivity index (χ1n) is 5.37. The van der Waals surface area contributed by atoms with E-state index in [-0.39, 0.29) is 17.1 Å². The van der Waals surface area contributed by atoms with Crippen LogP contribution in [0.4, 0.5) is 0 Å². The molecule has 1 radical (unpaired) electrons. The predicted octanol–water partition coefficient (Wildman–Crippen LogP) is -2.94. The van der Waals surface area contributed by atoms with Crippen LogP contribution in [0, 0.1) is 11.8 Å². The van der Waals surface area contributed by atoms with Crippen LogP contribution in [0.25, 0.3) is 0 Å². The Kier molecular flexibility index (Phi) is 12.5.